The summed E-state index contributed by atoms with van der Waals surface area (Å²) in [5.41, 5.74) is 5.64. The van der Waals surface area contributed by atoms with Crippen LogP contribution in [-0.4, -0.2) is 44.6 Å². The number of aliphatic hydroxyl groups is 2. The highest BCUT2D eigenvalue weighted by Crippen LogP contribution is 2.38. The van der Waals surface area contributed by atoms with Gasteiger partial charge in [0.15, 0.2) is 0 Å². The molecule has 2 rings (SSSR count). The molecule has 1 aromatic heterocycles. The summed E-state index contributed by atoms with van der Waals surface area (Å²) in [5.74, 6) is 0. The van der Waals surface area contributed by atoms with E-state index in [2.05, 4.69) is 15.0 Å². The van der Waals surface area contributed by atoms with Crippen LogP contribution in [0.3, 0.4) is 0 Å². The molecule has 0 aliphatic carbocycles. The summed E-state index contributed by atoms with van der Waals surface area (Å²) >= 11 is 0. The van der Waals surface area contributed by atoms with E-state index in [0.29, 0.717) is 0 Å². The molecule has 114 valence electrons. The van der Waals surface area contributed by atoms with Crippen molar-refractivity contribution in [2.45, 2.75) is 30.8 Å². The predicted molar refractivity (Wildman–Crippen MR) is 70.5 cm³/mol. The summed E-state index contributed by atoms with van der Waals surface area (Å²) in [6, 6.07) is 1.16. The fourth-order valence-corrected chi connectivity index (χ4v) is 2.38. The fourth-order valence-electron chi connectivity index (χ4n) is 2.38. The summed E-state index contributed by atoms with van der Waals surface area (Å²) in [7, 11) is 0. The van der Waals surface area contributed by atoms with Crippen LogP contribution >= 0.6 is 0 Å². The first-order valence-electron chi connectivity index (χ1n) is 6.31. The molecule has 2 heterocycles. The van der Waals surface area contributed by atoms with Crippen molar-refractivity contribution in [3.63, 3.8) is 0 Å². The van der Waals surface area contributed by atoms with Gasteiger partial charge in [-0.25, -0.2) is 4.79 Å². The number of azide groups is 1. The highest BCUT2D eigenvalue weighted by atomic mass is 16.5. The second-order valence-electron chi connectivity index (χ2n) is 4.79. The van der Waals surface area contributed by atoms with Gasteiger partial charge in [-0.1, -0.05) is 5.11 Å². The molecule has 1 aliphatic rings. The minimum absolute atomic E-state index is 0.0329. The van der Waals surface area contributed by atoms with Gasteiger partial charge in [-0.2, -0.15) is 0 Å². The molecule has 1 aliphatic heterocycles. The van der Waals surface area contributed by atoms with E-state index >= 15 is 0 Å². The van der Waals surface area contributed by atoms with Crippen LogP contribution in [0.4, 0.5) is 0 Å². The van der Waals surface area contributed by atoms with Crippen molar-refractivity contribution in [2.75, 3.05) is 13.2 Å². The Balaban J connectivity index is 2.23. The van der Waals surface area contributed by atoms with Crippen molar-refractivity contribution in [1.29, 1.82) is 0 Å². The zero-order valence-electron chi connectivity index (χ0n) is 11.0. The number of hydrogen-bond acceptors (Lipinski definition) is 6. The Morgan fingerprint density at radius 3 is 3.00 bits per heavy atom. The monoisotopic (exact) mass is 297 g/mol. The summed E-state index contributed by atoms with van der Waals surface area (Å²) in [6.45, 7) is -0.401. The Hall–Kier alpha value is -2.13. The molecule has 1 saturated heterocycles. The lowest BCUT2D eigenvalue weighted by Gasteiger charge is -2.25. The smallest absolute Gasteiger partial charge is 0.330 e. The van der Waals surface area contributed by atoms with Crippen molar-refractivity contribution in [1.82, 2.24) is 9.55 Å². The van der Waals surface area contributed by atoms with Gasteiger partial charge in [-0.15, -0.1) is 0 Å². The maximum atomic E-state index is 11.7. The molecular weight excluding hydrogens is 282 g/mol. The van der Waals surface area contributed by atoms with Crippen LogP contribution in [0.2, 0.25) is 0 Å². The van der Waals surface area contributed by atoms with Gasteiger partial charge in [0.1, 0.15) is 12.3 Å². The van der Waals surface area contributed by atoms with Crippen LogP contribution in [0.15, 0.2) is 27.0 Å². The van der Waals surface area contributed by atoms with E-state index in [0.717, 1.165) is 10.6 Å². The fraction of sp³-hybridized carbons (Fsp3) is 0.636. The molecule has 21 heavy (non-hydrogen) atoms. The maximum absolute atomic E-state index is 11.7. The molecule has 0 amide bonds. The number of rotatable bonds is 5. The van der Waals surface area contributed by atoms with E-state index < -0.39 is 35.8 Å². The third kappa shape index (κ3) is 3.14. The van der Waals surface area contributed by atoms with E-state index in [1.165, 1.54) is 6.20 Å². The van der Waals surface area contributed by atoms with E-state index in [9.17, 15) is 19.8 Å². The zero-order chi connectivity index (χ0) is 15.5. The van der Waals surface area contributed by atoms with Gasteiger partial charge < -0.3 is 14.9 Å². The molecule has 10 heteroatoms. The van der Waals surface area contributed by atoms with Gasteiger partial charge in [0.25, 0.3) is 5.56 Å². The van der Waals surface area contributed by atoms with Gasteiger partial charge in [0.2, 0.25) is 0 Å². The second kappa shape index (κ2) is 6.10. The molecule has 0 unspecified atom stereocenters. The molecule has 0 spiro atoms. The van der Waals surface area contributed by atoms with Crippen molar-refractivity contribution in [2.24, 2.45) is 5.11 Å². The third-order valence-corrected chi connectivity index (χ3v) is 3.48. The van der Waals surface area contributed by atoms with Crippen molar-refractivity contribution < 1.29 is 14.9 Å². The standard InChI is InChI=1S/C11H15N5O5/c12-15-13-3-2-11(20)5-9(21-7(11)6-17)16-4-1-8(18)14-10(16)19/h1,4,7,9,17,20H,2-3,5-6H2,(H,14,18,19)/t7-,9-,11+/m1/s1. The Kier molecular flexibility index (Phi) is 4.43. The Bertz CT molecular complexity index is 663. The van der Waals surface area contributed by atoms with Gasteiger partial charge in [0.05, 0.1) is 12.2 Å². The summed E-state index contributed by atoms with van der Waals surface area (Å²) in [6.07, 6.45) is -0.334. The first-order chi connectivity index (χ1) is 10.00. The number of nitrogens with zero attached hydrogens (tertiary/aromatic N) is 4. The molecular formula is C11H15N5O5. The van der Waals surface area contributed by atoms with Gasteiger partial charge in [0, 0.05) is 30.1 Å². The zero-order valence-corrected chi connectivity index (χ0v) is 11.0. The van der Waals surface area contributed by atoms with Crippen LogP contribution in [0.5, 0.6) is 0 Å². The number of H-pyrrole nitrogens is 1. The normalized spacial score (nSPS) is 28.3. The molecule has 0 saturated carbocycles. The Morgan fingerprint density at radius 1 is 1.62 bits per heavy atom. The molecule has 1 aromatic rings. The average molecular weight is 297 g/mol. The van der Waals surface area contributed by atoms with Crippen LogP contribution in [0, 0.1) is 0 Å². The van der Waals surface area contributed by atoms with Crippen LogP contribution in [-0.2, 0) is 4.74 Å². The lowest BCUT2D eigenvalue weighted by molar-refractivity contribution is -0.0844. The van der Waals surface area contributed by atoms with Gasteiger partial charge in [-0.3, -0.25) is 14.3 Å². The summed E-state index contributed by atoms with van der Waals surface area (Å²) in [4.78, 5) is 27.4. The molecule has 3 atom stereocenters. The molecule has 10 nitrogen and oxygen atoms in total. The maximum Gasteiger partial charge on any atom is 0.330 e. The third-order valence-electron chi connectivity index (χ3n) is 3.48. The topological polar surface area (TPSA) is 153 Å². The number of hydrogen-bond donors (Lipinski definition) is 3. The quantitative estimate of drug-likeness (QED) is 0.370. The molecule has 0 aromatic carbocycles. The molecule has 3 N–H and O–H groups in total. The van der Waals surface area contributed by atoms with E-state index in [-0.39, 0.29) is 19.4 Å². The van der Waals surface area contributed by atoms with Crippen molar-refractivity contribution in [3.05, 3.63) is 43.5 Å². The highest BCUT2D eigenvalue weighted by molar-refractivity contribution is 4.97. The summed E-state index contributed by atoms with van der Waals surface area (Å²) in [5, 5.41) is 23.1. The van der Waals surface area contributed by atoms with Gasteiger partial charge in [-0.05, 0) is 12.0 Å². The SMILES string of the molecule is [N-]=[N+]=NCC[C@]1(O)C[C@H](n2ccc(=O)[nH]c2=O)O[C@@H]1CO. The molecule has 0 radical (unpaired) electrons. The largest absolute Gasteiger partial charge is 0.394 e. The predicted octanol–water partition coefficient (Wildman–Crippen LogP) is -0.752. The Labute approximate surface area is 118 Å². The summed E-state index contributed by atoms with van der Waals surface area (Å²) < 4.78 is 6.60. The van der Waals surface area contributed by atoms with E-state index in [1.54, 1.807) is 0 Å². The average Bonchev–Trinajstić information content (AvgIpc) is 2.76. The lowest BCUT2D eigenvalue weighted by atomic mass is 9.91. The highest BCUT2D eigenvalue weighted by Gasteiger charge is 2.47. The van der Waals surface area contributed by atoms with Crippen molar-refractivity contribution in [3.8, 4) is 0 Å². The van der Waals surface area contributed by atoms with E-state index in [1.807, 2.05) is 0 Å². The van der Waals surface area contributed by atoms with Crippen LogP contribution in [0.25, 0.3) is 10.4 Å². The van der Waals surface area contributed by atoms with Gasteiger partial charge >= 0.3 is 5.69 Å². The van der Waals surface area contributed by atoms with Crippen LogP contribution < -0.4 is 11.2 Å². The number of aromatic amines is 1. The van der Waals surface area contributed by atoms with Crippen molar-refractivity contribution >= 4 is 0 Å². The second-order valence-corrected chi connectivity index (χ2v) is 4.79. The molecule has 0 bridgehead atoms. The molecule has 1 fully saturated rings. The van der Waals surface area contributed by atoms with E-state index in [4.69, 9.17) is 10.3 Å². The number of aromatic nitrogens is 2. The minimum Gasteiger partial charge on any atom is -0.394 e. The minimum atomic E-state index is -1.41. The first kappa shape index (κ1) is 15.3. The first-order valence-corrected chi connectivity index (χ1v) is 6.31. The number of ether oxygens (including phenoxy) is 1. The Morgan fingerprint density at radius 2 is 2.38 bits per heavy atom. The number of nitrogens with one attached hydrogen (secondary N) is 1. The van der Waals surface area contributed by atoms with Crippen LogP contribution in [0.1, 0.15) is 19.1 Å². The lowest BCUT2D eigenvalue weighted by Crippen LogP contribution is -2.41. The number of aliphatic hydroxyl groups excluding tert-OH is 1.